The normalized spacial score (nSPS) is 12.3. The third-order valence-electron chi connectivity index (χ3n) is 2.38. The molecule has 0 atom stereocenters. The summed E-state index contributed by atoms with van der Waals surface area (Å²) in [4.78, 5) is 2.88. The molecule has 0 saturated carbocycles. The van der Waals surface area contributed by atoms with Gasteiger partial charge in [-0.15, -0.1) is 6.58 Å². The molecule has 5 nitrogen and oxygen atoms in total. The summed E-state index contributed by atoms with van der Waals surface area (Å²) in [6, 6.07) is 1.29. The molecule has 1 rings (SSSR count). The van der Waals surface area contributed by atoms with Crippen molar-refractivity contribution in [3.05, 3.63) is 30.6 Å². The quantitative estimate of drug-likeness (QED) is 0.750. The first-order valence-electron chi connectivity index (χ1n) is 5.34. The molecule has 0 spiro atoms. The minimum absolute atomic E-state index is 0.148. The number of hydrogen-bond donors (Lipinski definition) is 2. The van der Waals surface area contributed by atoms with Crippen LogP contribution in [0.1, 0.15) is 19.5 Å². The van der Waals surface area contributed by atoms with Gasteiger partial charge in [0.1, 0.15) is 0 Å². The van der Waals surface area contributed by atoms with Crippen molar-refractivity contribution in [3.8, 4) is 0 Å². The number of aromatic amines is 1. The van der Waals surface area contributed by atoms with Gasteiger partial charge >= 0.3 is 0 Å². The van der Waals surface area contributed by atoms with E-state index in [0.717, 1.165) is 0 Å². The standard InChI is InChI=1S/C11H18N2O3S/c1-4-5-13(9(2)3)17(15,16)11-6-10(8-14)12-7-11/h4,6-7,9,12,14H,1,5,8H2,2-3H3. The SMILES string of the molecule is C=CCN(C(C)C)S(=O)(=O)c1c[nH]c(CO)c1. The molecule has 6 heteroatoms. The summed E-state index contributed by atoms with van der Waals surface area (Å²) in [5, 5.41) is 8.91. The molecule has 0 bridgehead atoms. The largest absolute Gasteiger partial charge is 0.390 e. The van der Waals surface area contributed by atoms with Gasteiger partial charge in [0.25, 0.3) is 0 Å². The number of aliphatic hydroxyl groups excluding tert-OH is 1. The highest BCUT2D eigenvalue weighted by atomic mass is 32.2. The number of rotatable bonds is 6. The van der Waals surface area contributed by atoms with E-state index in [9.17, 15) is 8.42 Å². The summed E-state index contributed by atoms with van der Waals surface area (Å²) >= 11 is 0. The maximum absolute atomic E-state index is 12.3. The lowest BCUT2D eigenvalue weighted by Gasteiger charge is -2.23. The predicted octanol–water partition coefficient (Wildman–Crippen LogP) is 1.09. The zero-order chi connectivity index (χ0) is 13.1. The average molecular weight is 258 g/mol. The highest BCUT2D eigenvalue weighted by Crippen LogP contribution is 2.19. The van der Waals surface area contributed by atoms with Crippen molar-refractivity contribution in [2.75, 3.05) is 6.54 Å². The van der Waals surface area contributed by atoms with Crippen LogP contribution in [0.2, 0.25) is 0 Å². The van der Waals surface area contributed by atoms with Crippen molar-refractivity contribution in [1.29, 1.82) is 0 Å². The smallest absolute Gasteiger partial charge is 0.245 e. The van der Waals surface area contributed by atoms with Gasteiger partial charge in [-0.1, -0.05) is 6.08 Å². The third-order valence-corrected chi connectivity index (χ3v) is 4.40. The first kappa shape index (κ1) is 14.0. The Hall–Kier alpha value is -1.11. The fourth-order valence-electron chi connectivity index (χ4n) is 1.51. The number of sulfonamides is 1. The Bertz CT molecular complexity index is 477. The summed E-state index contributed by atoms with van der Waals surface area (Å²) < 4.78 is 25.9. The van der Waals surface area contributed by atoms with E-state index in [-0.39, 0.29) is 24.1 Å². The molecule has 96 valence electrons. The van der Waals surface area contributed by atoms with E-state index in [2.05, 4.69) is 11.6 Å². The molecule has 0 aromatic carbocycles. The first-order valence-corrected chi connectivity index (χ1v) is 6.78. The summed E-state index contributed by atoms with van der Waals surface area (Å²) in [5.41, 5.74) is 0.478. The van der Waals surface area contributed by atoms with Gasteiger partial charge in [-0.25, -0.2) is 8.42 Å². The van der Waals surface area contributed by atoms with Crippen molar-refractivity contribution in [2.45, 2.75) is 31.4 Å². The lowest BCUT2D eigenvalue weighted by Crippen LogP contribution is -2.36. The zero-order valence-electron chi connectivity index (χ0n) is 10.0. The Labute approximate surface area is 102 Å². The molecule has 1 aromatic rings. The fraction of sp³-hybridized carbons (Fsp3) is 0.455. The second-order valence-corrected chi connectivity index (χ2v) is 5.87. The van der Waals surface area contributed by atoms with E-state index < -0.39 is 10.0 Å². The van der Waals surface area contributed by atoms with Crippen LogP contribution in [0.4, 0.5) is 0 Å². The number of H-pyrrole nitrogens is 1. The van der Waals surface area contributed by atoms with Crippen LogP contribution in [-0.4, -0.2) is 35.4 Å². The van der Waals surface area contributed by atoms with E-state index in [0.29, 0.717) is 5.69 Å². The fourth-order valence-corrected chi connectivity index (χ4v) is 3.13. The predicted molar refractivity (Wildman–Crippen MR) is 65.9 cm³/mol. The third kappa shape index (κ3) is 2.96. The molecule has 0 aliphatic rings. The maximum Gasteiger partial charge on any atom is 0.245 e. The van der Waals surface area contributed by atoms with Crippen molar-refractivity contribution in [3.63, 3.8) is 0 Å². The summed E-state index contributed by atoms with van der Waals surface area (Å²) in [6.45, 7) is 7.22. The minimum Gasteiger partial charge on any atom is -0.390 e. The molecule has 0 aliphatic heterocycles. The Morgan fingerprint density at radius 2 is 2.24 bits per heavy atom. The Morgan fingerprint density at radius 3 is 2.65 bits per heavy atom. The molecule has 0 radical (unpaired) electrons. The maximum atomic E-state index is 12.3. The van der Waals surface area contributed by atoms with Gasteiger partial charge in [0.05, 0.1) is 11.5 Å². The van der Waals surface area contributed by atoms with Crippen molar-refractivity contribution >= 4 is 10.0 Å². The van der Waals surface area contributed by atoms with Gasteiger partial charge in [-0.2, -0.15) is 4.31 Å². The number of aromatic nitrogens is 1. The molecule has 2 N–H and O–H groups in total. The van der Waals surface area contributed by atoms with Crippen LogP contribution in [0.15, 0.2) is 29.8 Å². The zero-order valence-corrected chi connectivity index (χ0v) is 10.9. The minimum atomic E-state index is -3.53. The van der Waals surface area contributed by atoms with Gasteiger partial charge < -0.3 is 10.1 Å². The molecule has 0 amide bonds. The van der Waals surface area contributed by atoms with E-state index >= 15 is 0 Å². The van der Waals surface area contributed by atoms with Crippen LogP contribution in [0.25, 0.3) is 0 Å². The second-order valence-electron chi connectivity index (χ2n) is 3.98. The molecule has 1 aromatic heterocycles. The Morgan fingerprint density at radius 1 is 1.59 bits per heavy atom. The van der Waals surface area contributed by atoms with Crippen LogP contribution in [0.5, 0.6) is 0 Å². The number of nitrogens with one attached hydrogen (secondary N) is 1. The summed E-state index contributed by atoms with van der Waals surface area (Å²) in [6.07, 6.45) is 2.94. The molecule has 0 saturated heterocycles. The van der Waals surface area contributed by atoms with E-state index in [4.69, 9.17) is 5.11 Å². The van der Waals surface area contributed by atoms with Gasteiger partial charge in [-0.3, -0.25) is 0 Å². The van der Waals surface area contributed by atoms with Crippen molar-refractivity contribution in [2.24, 2.45) is 0 Å². The lowest BCUT2D eigenvalue weighted by molar-refractivity contribution is 0.277. The van der Waals surface area contributed by atoms with Crippen LogP contribution in [0, 0.1) is 0 Å². The molecule has 0 unspecified atom stereocenters. The number of aliphatic hydroxyl groups is 1. The molecular formula is C11H18N2O3S. The van der Waals surface area contributed by atoms with Gasteiger partial charge in [0, 0.05) is 24.5 Å². The van der Waals surface area contributed by atoms with E-state index in [1.54, 1.807) is 19.9 Å². The number of hydrogen-bond acceptors (Lipinski definition) is 3. The topological polar surface area (TPSA) is 73.4 Å². The second kappa shape index (κ2) is 5.48. The van der Waals surface area contributed by atoms with Crippen LogP contribution in [-0.2, 0) is 16.6 Å². The van der Waals surface area contributed by atoms with E-state index in [1.165, 1.54) is 16.6 Å². The molecule has 17 heavy (non-hydrogen) atoms. The highest BCUT2D eigenvalue weighted by molar-refractivity contribution is 7.89. The van der Waals surface area contributed by atoms with Crippen LogP contribution < -0.4 is 0 Å². The van der Waals surface area contributed by atoms with Gasteiger partial charge in [-0.05, 0) is 19.9 Å². The van der Waals surface area contributed by atoms with Crippen molar-refractivity contribution < 1.29 is 13.5 Å². The summed E-state index contributed by atoms with van der Waals surface area (Å²) in [7, 11) is -3.53. The summed E-state index contributed by atoms with van der Waals surface area (Å²) in [5.74, 6) is 0. The van der Waals surface area contributed by atoms with Gasteiger partial charge in [0.2, 0.25) is 10.0 Å². The molecule has 1 heterocycles. The van der Waals surface area contributed by atoms with Crippen LogP contribution in [0.3, 0.4) is 0 Å². The van der Waals surface area contributed by atoms with Gasteiger partial charge in [0.15, 0.2) is 0 Å². The first-order chi connectivity index (χ1) is 7.93. The molecule has 0 aliphatic carbocycles. The highest BCUT2D eigenvalue weighted by Gasteiger charge is 2.26. The van der Waals surface area contributed by atoms with Crippen LogP contribution >= 0.6 is 0 Å². The molecular weight excluding hydrogens is 240 g/mol. The average Bonchev–Trinajstić information content (AvgIpc) is 2.74. The lowest BCUT2D eigenvalue weighted by atomic mass is 10.4. The Balaban J connectivity index is 3.11. The van der Waals surface area contributed by atoms with Crippen molar-refractivity contribution in [1.82, 2.24) is 9.29 Å². The number of nitrogens with zero attached hydrogens (tertiary/aromatic N) is 1. The Kier molecular flexibility index (Phi) is 4.50. The molecule has 0 fully saturated rings. The van der Waals surface area contributed by atoms with E-state index in [1.807, 2.05) is 0 Å². The monoisotopic (exact) mass is 258 g/mol.